The summed E-state index contributed by atoms with van der Waals surface area (Å²) in [5.41, 5.74) is 18.8. The van der Waals surface area contributed by atoms with Gasteiger partial charge in [0.15, 0.2) is 0 Å². The molecule has 1 spiro atoms. The van der Waals surface area contributed by atoms with Crippen molar-refractivity contribution in [3.05, 3.63) is 210 Å². The summed E-state index contributed by atoms with van der Waals surface area (Å²) in [5, 5.41) is 2.52. The fourth-order valence-electron chi connectivity index (χ4n) is 9.22. The van der Waals surface area contributed by atoms with Crippen LogP contribution in [0.4, 0.5) is 0 Å². The zero-order valence-corrected chi connectivity index (χ0v) is 27.3. The maximum absolute atomic E-state index is 2.52. The van der Waals surface area contributed by atoms with Gasteiger partial charge < -0.3 is 4.57 Å². The number of benzene rings is 8. The summed E-state index contributed by atoms with van der Waals surface area (Å²) in [6.45, 7) is 0. The molecule has 0 saturated heterocycles. The summed E-state index contributed by atoms with van der Waals surface area (Å²) in [4.78, 5) is 0. The first-order valence-corrected chi connectivity index (χ1v) is 17.4. The first-order valence-electron chi connectivity index (χ1n) is 17.4. The zero-order chi connectivity index (χ0) is 32.8. The minimum absolute atomic E-state index is 0.392. The monoisotopic (exact) mass is 633 g/mol. The third kappa shape index (κ3) is 3.56. The summed E-state index contributed by atoms with van der Waals surface area (Å²) in [5.74, 6) is 0. The van der Waals surface area contributed by atoms with Crippen LogP contribution in [0.3, 0.4) is 0 Å². The molecule has 0 amide bonds. The van der Waals surface area contributed by atoms with Crippen LogP contribution in [0.2, 0.25) is 0 Å². The fraction of sp³-hybridized carbons (Fsp3) is 0.0204. The van der Waals surface area contributed by atoms with Crippen molar-refractivity contribution in [1.29, 1.82) is 0 Å². The van der Waals surface area contributed by atoms with Crippen LogP contribution in [0.1, 0.15) is 22.3 Å². The lowest BCUT2D eigenvalue weighted by atomic mass is 9.70. The average molecular weight is 634 g/mol. The van der Waals surface area contributed by atoms with E-state index in [0.29, 0.717) is 0 Å². The van der Waals surface area contributed by atoms with E-state index in [1.54, 1.807) is 0 Å². The molecule has 1 heteroatoms. The molecule has 0 fully saturated rings. The van der Waals surface area contributed by atoms with Crippen LogP contribution in [0.25, 0.3) is 72.0 Å². The summed E-state index contributed by atoms with van der Waals surface area (Å²) >= 11 is 0. The quantitative estimate of drug-likeness (QED) is 0.182. The minimum atomic E-state index is -0.392. The van der Waals surface area contributed by atoms with Gasteiger partial charge in [0, 0.05) is 22.0 Å². The van der Waals surface area contributed by atoms with Gasteiger partial charge in [0.1, 0.15) is 0 Å². The molecule has 1 nitrogen and oxygen atoms in total. The maximum Gasteiger partial charge on any atom is 0.0726 e. The van der Waals surface area contributed by atoms with Crippen LogP contribution in [0.5, 0.6) is 0 Å². The van der Waals surface area contributed by atoms with Gasteiger partial charge in [-0.3, -0.25) is 0 Å². The van der Waals surface area contributed by atoms with Crippen LogP contribution in [-0.4, -0.2) is 4.57 Å². The van der Waals surface area contributed by atoms with Gasteiger partial charge in [-0.25, -0.2) is 0 Å². The summed E-state index contributed by atoms with van der Waals surface area (Å²) in [7, 11) is 0. The van der Waals surface area contributed by atoms with Crippen molar-refractivity contribution >= 4 is 21.8 Å². The number of fused-ring (bicyclic) bond motifs is 13. The zero-order valence-electron chi connectivity index (χ0n) is 27.3. The number of nitrogens with zero attached hydrogens (tertiary/aromatic N) is 1. The number of aromatic nitrogens is 1. The standard InChI is InChI=1S/C49H31N/c1-3-15-32(16-4-1)34-29-41(33-17-5-2-6-18-33)48-42(30-34)40-22-10-14-26-47(40)50(48)35-27-28-39-38-21-9-13-25-45(38)49(46(39)31-35)43-23-11-7-19-36(43)37-20-8-12-24-44(37)49/h1-31H. The second kappa shape index (κ2) is 10.3. The molecule has 0 aliphatic heterocycles. The molecule has 11 rings (SSSR count). The fourth-order valence-corrected chi connectivity index (χ4v) is 9.22. The van der Waals surface area contributed by atoms with Gasteiger partial charge in [0.05, 0.1) is 16.4 Å². The lowest BCUT2D eigenvalue weighted by Gasteiger charge is -2.30. The van der Waals surface area contributed by atoms with Gasteiger partial charge in [-0.05, 0) is 91.5 Å². The molecule has 0 N–H and O–H groups in total. The van der Waals surface area contributed by atoms with E-state index in [1.165, 1.54) is 94.3 Å². The Balaban J connectivity index is 1.26. The first kappa shape index (κ1) is 27.5. The third-order valence-corrected chi connectivity index (χ3v) is 11.2. The highest BCUT2D eigenvalue weighted by Crippen LogP contribution is 2.63. The highest BCUT2D eigenvalue weighted by molar-refractivity contribution is 6.15. The molecule has 50 heavy (non-hydrogen) atoms. The van der Waals surface area contributed by atoms with E-state index in [2.05, 4.69) is 193 Å². The molecule has 2 aliphatic rings. The Labute approximate surface area is 291 Å². The molecule has 0 radical (unpaired) electrons. The number of hydrogen-bond donors (Lipinski definition) is 0. The highest BCUT2D eigenvalue weighted by atomic mass is 15.0. The molecular weight excluding hydrogens is 603 g/mol. The third-order valence-electron chi connectivity index (χ3n) is 11.2. The summed E-state index contributed by atoms with van der Waals surface area (Å²) in [6, 6.07) is 69.7. The Morgan fingerprint density at radius 2 is 0.840 bits per heavy atom. The van der Waals surface area contributed by atoms with E-state index in [-0.39, 0.29) is 0 Å². The number of rotatable bonds is 3. The Hall–Kier alpha value is -6.44. The van der Waals surface area contributed by atoms with E-state index < -0.39 is 5.41 Å². The second-order valence-corrected chi connectivity index (χ2v) is 13.6. The van der Waals surface area contributed by atoms with E-state index in [0.717, 1.165) is 0 Å². The maximum atomic E-state index is 2.52. The molecule has 1 heterocycles. The normalized spacial score (nSPS) is 13.4. The van der Waals surface area contributed by atoms with E-state index in [4.69, 9.17) is 0 Å². The Morgan fingerprint density at radius 3 is 1.48 bits per heavy atom. The van der Waals surface area contributed by atoms with Gasteiger partial charge in [-0.1, -0.05) is 158 Å². The van der Waals surface area contributed by atoms with Crippen molar-refractivity contribution in [2.24, 2.45) is 0 Å². The lowest BCUT2D eigenvalue weighted by molar-refractivity contribution is 0.792. The lowest BCUT2D eigenvalue weighted by Crippen LogP contribution is -2.26. The average Bonchev–Trinajstić information content (AvgIpc) is 3.80. The van der Waals surface area contributed by atoms with Crippen LogP contribution >= 0.6 is 0 Å². The number of hydrogen-bond acceptors (Lipinski definition) is 0. The second-order valence-electron chi connectivity index (χ2n) is 13.6. The van der Waals surface area contributed by atoms with E-state index >= 15 is 0 Å². The molecule has 0 bridgehead atoms. The van der Waals surface area contributed by atoms with Gasteiger partial charge >= 0.3 is 0 Å². The van der Waals surface area contributed by atoms with Gasteiger partial charge in [-0.15, -0.1) is 0 Å². The molecule has 1 aromatic heterocycles. The molecule has 0 unspecified atom stereocenters. The van der Waals surface area contributed by atoms with E-state index in [1.807, 2.05) is 0 Å². The van der Waals surface area contributed by atoms with Crippen LogP contribution in [0.15, 0.2) is 188 Å². The summed E-state index contributed by atoms with van der Waals surface area (Å²) in [6.07, 6.45) is 0. The van der Waals surface area contributed by atoms with Crippen molar-refractivity contribution in [3.8, 4) is 50.2 Å². The Morgan fingerprint density at radius 1 is 0.320 bits per heavy atom. The first-order chi connectivity index (χ1) is 24.8. The van der Waals surface area contributed by atoms with Crippen LogP contribution in [-0.2, 0) is 5.41 Å². The molecule has 0 saturated carbocycles. The van der Waals surface area contributed by atoms with Gasteiger partial charge in [0.25, 0.3) is 0 Å². The predicted molar refractivity (Wildman–Crippen MR) is 208 cm³/mol. The Bertz CT molecular complexity index is 2740. The summed E-state index contributed by atoms with van der Waals surface area (Å²) < 4.78 is 2.52. The van der Waals surface area contributed by atoms with Crippen LogP contribution in [0, 0.1) is 0 Å². The van der Waals surface area contributed by atoms with Crippen molar-refractivity contribution in [3.63, 3.8) is 0 Å². The number of para-hydroxylation sites is 1. The van der Waals surface area contributed by atoms with Gasteiger partial charge in [0.2, 0.25) is 0 Å². The largest absolute Gasteiger partial charge is 0.309 e. The Kier molecular flexibility index (Phi) is 5.66. The molecule has 9 aromatic rings. The smallest absolute Gasteiger partial charge is 0.0726 e. The van der Waals surface area contributed by atoms with Crippen molar-refractivity contribution in [2.45, 2.75) is 5.41 Å². The highest BCUT2D eigenvalue weighted by Gasteiger charge is 2.51. The van der Waals surface area contributed by atoms with Crippen molar-refractivity contribution in [1.82, 2.24) is 4.57 Å². The minimum Gasteiger partial charge on any atom is -0.309 e. The molecular formula is C49H31N. The molecule has 232 valence electrons. The SMILES string of the molecule is c1ccc(-c2cc(-c3ccccc3)c3c(c2)c2ccccc2n3-c2ccc3c(c2)C2(c4ccccc4-c4ccccc42)c2ccccc2-3)cc1. The molecule has 0 atom stereocenters. The predicted octanol–water partition coefficient (Wildman–Crippen LogP) is 12.5. The van der Waals surface area contributed by atoms with Gasteiger partial charge in [-0.2, -0.15) is 0 Å². The van der Waals surface area contributed by atoms with Crippen molar-refractivity contribution in [2.75, 3.05) is 0 Å². The topological polar surface area (TPSA) is 4.93 Å². The van der Waals surface area contributed by atoms with Crippen molar-refractivity contribution < 1.29 is 0 Å². The van der Waals surface area contributed by atoms with E-state index in [9.17, 15) is 0 Å². The molecule has 8 aromatic carbocycles. The molecule has 2 aliphatic carbocycles. The van der Waals surface area contributed by atoms with Crippen LogP contribution < -0.4 is 0 Å².